The van der Waals surface area contributed by atoms with Crippen molar-refractivity contribution < 1.29 is 0 Å². The highest BCUT2D eigenvalue weighted by atomic mass is 15.1. The molecule has 0 bridgehead atoms. The molecule has 0 amide bonds. The third kappa shape index (κ3) is 6.05. The van der Waals surface area contributed by atoms with Crippen molar-refractivity contribution in [1.82, 2.24) is 4.90 Å². The number of nitrogens with two attached hydrogens (primary N) is 1. The Hall–Kier alpha value is -0.0800. The predicted molar refractivity (Wildman–Crippen MR) is 46.0 cm³/mol. The first-order chi connectivity index (χ1) is 4.52. The van der Waals surface area contributed by atoms with E-state index in [1.165, 1.54) is 0 Å². The molecular weight excluding hydrogens is 124 g/mol. The van der Waals surface area contributed by atoms with Crippen molar-refractivity contribution in [3.05, 3.63) is 0 Å². The molecule has 2 nitrogen and oxygen atoms in total. The molecule has 0 aliphatic heterocycles. The third-order valence-electron chi connectivity index (χ3n) is 1.28. The molecule has 0 aromatic heterocycles. The van der Waals surface area contributed by atoms with Gasteiger partial charge in [0.1, 0.15) is 0 Å². The maximum Gasteiger partial charge on any atom is 0.0139 e. The average molecular weight is 144 g/mol. The van der Waals surface area contributed by atoms with E-state index in [0.29, 0.717) is 6.04 Å². The summed E-state index contributed by atoms with van der Waals surface area (Å²) < 4.78 is 0. The summed E-state index contributed by atoms with van der Waals surface area (Å²) in [5.41, 5.74) is 5.63. The van der Waals surface area contributed by atoms with Gasteiger partial charge in [-0.3, -0.25) is 0 Å². The molecule has 2 heteroatoms. The van der Waals surface area contributed by atoms with Gasteiger partial charge >= 0.3 is 0 Å². The van der Waals surface area contributed by atoms with Crippen molar-refractivity contribution in [2.45, 2.75) is 26.8 Å². The zero-order valence-electron chi connectivity index (χ0n) is 7.59. The third-order valence-corrected chi connectivity index (χ3v) is 1.28. The standard InChI is InChI=1S/C8H20N2/c1-7(2)5-10(4)6-8(3)9/h7-8H,5-6,9H2,1-4H3/t8-/m0/s1. The van der Waals surface area contributed by atoms with Crippen LogP contribution in [-0.2, 0) is 0 Å². The van der Waals surface area contributed by atoms with Gasteiger partial charge in [0.05, 0.1) is 0 Å². The smallest absolute Gasteiger partial charge is 0.0139 e. The molecule has 0 spiro atoms. The van der Waals surface area contributed by atoms with Crippen LogP contribution in [0.5, 0.6) is 0 Å². The maximum absolute atomic E-state index is 5.63. The fraction of sp³-hybridized carbons (Fsp3) is 1.00. The van der Waals surface area contributed by atoms with E-state index in [-0.39, 0.29) is 0 Å². The van der Waals surface area contributed by atoms with Crippen molar-refractivity contribution in [2.75, 3.05) is 20.1 Å². The van der Waals surface area contributed by atoms with Crippen LogP contribution in [0.2, 0.25) is 0 Å². The van der Waals surface area contributed by atoms with Crippen molar-refractivity contribution in [3.63, 3.8) is 0 Å². The quantitative estimate of drug-likeness (QED) is 0.636. The normalized spacial score (nSPS) is 14.7. The monoisotopic (exact) mass is 144 g/mol. The largest absolute Gasteiger partial charge is 0.327 e. The Morgan fingerprint density at radius 3 is 2.00 bits per heavy atom. The fourth-order valence-electron chi connectivity index (χ4n) is 1.19. The second-order valence-electron chi connectivity index (χ2n) is 3.59. The maximum atomic E-state index is 5.63. The molecule has 0 aromatic rings. The van der Waals surface area contributed by atoms with Crippen LogP contribution >= 0.6 is 0 Å². The van der Waals surface area contributed by atoms with Crippen molar-refractivity contribution in [1.29, 1.82) is 0 Å². The van der Waals surface area contributed by atoms with Crippen LogP contribution in [0.25, 0.3) is 0 Å². The molecule has 10 heavy (non-hydrogen) atoms. The Bertz CT molecular complexity index is 69.3. The Kier molecular flexibility index (Phi) is 4.65. The average Bonchev–Trinajstić information content (AvgIpc) is 1.58. The first kappa shape index (κ1) is 9.92. The number of rotatable bonds is 4. The molecule has 1 atom stereocenters. The van der Waals surface area contributed by atoms with E-state index in [9.17, 15) is 0 Å². The zero-order chi connectivity index (χ0) is 8.15. The topological polar surface area (TPSA) is 29.3 Å². The van der Waals surface area contributed by atoms with Gasteiger partial charge in [-0.25, -0.2) is 0 Å². The molecule has 0 heterocycles. The molecule has 0 rings (SSSR count). The summed E-state index contributed by atoms with van der Waals surface area (Å²) in [6, 6.07) is 0.295. The molecule has 0 saturated heterocycles. The van der Waals surface area contributed by atoms with Crippen LogP contribution in [-0.4, -0.2) is 31.1 Å². The summed E-state index contributed by atoms with van der Waals surface area (Å²) in [4.78, 5) is 2.27. The van der Waals surface area contributed by atoms with Crippen molar-refractivity contribution in [2.24, 2.45) is 11.7 Å². The lowest BCUT2D eigenvalue weighted by molar-refractivity contribution is 0.283. The molecule has 0 fully saturated rings. The molecular formula is C8H20N2. The lowest BCUT2D eigenvalue weighted by Gasteiger charge is -2.20. The first-order valence-corrected chi connectivity index (χ1v) is 3.96. The van der Waals surface area contributed by atoms with E-state index in [0.717, 1.165) is 19.0 Å². The van der Waals surface area contributed by atoms with Gasteiger partial charge in [-0.15, -0.1) is 0 Å². The van der Waals surface area contributed by atoms with E-state index in [1.807, 2.05) is 6.92 Å². The van der Waals surface area contributed by atoms with Gasteiger partial charge in [-0.1, -0.05) is 13.8 Å². The molecule has 0 aliphatic carbocycles. The van der Waals surface area contributed by atoms with Gasteiger partial charge < -0.3 is 10.6 Å². The van der Waals surface area contributed by atoms with Gasteiger partial charge in [0.15, 0.2) is 0 Å². The second kappa shape index (κ2) is 4.69. The second-order valence-corrected chi connectivity index (χ2v) is 3.59. The molecule has 0 unspecified atom stereocenters. The Morgan fingerprint density at radius 2 is 1.70 bits per heavy atom. The van der Waals surface area contributed by atoms with Gasteiger partial charge in [0.2, 0.25) is 0 Å². The van der Waals surface area contributed by atoms with E-state index < -0.39 is 0 Å². The van der Waals surface area contributed by atoms with E-state index in [4.69, 9.17) is 5.73 Å². The molecule has 2 N–H and O–H groups in total. The summed E-state index contributed by atoms with van der Waals surface area (Å²) in [6.45, 7) is 8.62. The summed E-state index contributed by atoms with van der Waals surface area (Å²) in [6.07, 6.45) is 0. The zero-order valence-corrected chi connectivity index (χ0v) is 7.59. The summed E-state index contributed by atoms with van der Waals surface area (Å²) >= 11 is 0. The Labute approximate surface area is 64.4 Å². The van der Waals surface area contributed by atoms with E-state index in [2.05, 4.69) is 25.8 Å². The van der Waals surface area contributed by atoms with Crippen LogP contribution in [0.4, 0.5) is 0 Å². The number of nitrogens with zero attached hydrogens (tertiary/aromatic N) is 1. The lowest BCUT2D eigenvalue weighted by Crippen LogP contribution is -2.34. The number of likely N-dealkylation sites (N-methyl/N-ethyl adjacent to an activating group) is 1. The van der Waals surface area contributed by atoms with Crippen LogP contribution in [0, 0.1) is 5.92 Å². The SMILES string of the molecule is CC(C)CN(C)C[C@H](C)N. The van der Waals surface area contributed by atoms with Gasteiger partial charge in [0.25, 0.3) is 0 Å². The van der Waals surface area contributed by atoms with Crippen LogP contribution in [0.15, 0.2) is 0 Å². The molecule has 0 aliphatic rings. The number of hydrogen-bond donors (Lipinski definition) is 1. The first-order valence-electron chi connectivity index (χ1n) is 3.96. The Balaban J connectivity index is 3.34. The van der Waals surface area contributed by atoms with Gasteiger partial charge in [-0.05, 0) is 19.9 Å². The number of hydrogen-bond acceptors (Lipinski definition) is 2. The van der Waals surface area contributed by atoms with Gasteiger partial charge in [-0.2, -0.15) is 0 Å². The summed E-state index contributed by atoms with van der Waals surface area (Å²) in [7, 11) is 2.11. The highest BCUT2D eigenvalue weighted by Gasteiger charge is 2.02. The van der Waals surface area contributed by atoms with Crippen molar-refractivity contribution in [3.8, 4) is 0 Å². The van der Waals surface area contributed by atoms with Gasteiger partial charge in [0, 0.05) is 19.1 Å². The minimum absolute atomic E-state index is 0.295. The van der Waals surface area contributed by atoms with Crippen LogP contribution in [0.3, 0.4) is 0 Å². The molecule has 0 radical (unpaired) electrons. The molecule has 0 saturated carbocycles. The van der Waals surface area contributed by atoms with E-state index >= 15 is 0 Å². The molecule has 0 aromatic carbocycles. The highest BCUT2D eigenvalue weighted by Crippen LogP contribution is 1.95. The molecule has 62 valence electrons. The Morgan fingerprint density at radius 1 is 1.20 bits per heavy atom. The summed E-state index contributed by atoms with van der Waals surface area (Å²) in [5.74, 6) is 0.740. The van der Waals surface area contributed by atoms with Crippen molar-refractivity contribution >= 4 is 0 Å². The lowest BCUT2D eigenvalue weighted by atomic mass is 10.2. The van der Waals surface area contributed by atoms with Crippen LogP contribution < -0.4 is 5.73 Å². The van der Waals surface area contributed by atoms with Crippen LogP contribution in [0.1, 0.15) is 20.8 Å². The van der Waals surface area contributed by atoms with E-state index in [1.54, 1.807) is 0 Å². The minimum Gasteiger partial charge on any atom is -0.327 e. The highest BCUT2D eigenvalue weighted by molar-refractivity contribution is 4.60. The fourth-order valence-corrected chi connectivity index (χ4v) is 1.19. The minimum atomic E-state index is 0.295. The predicted octanol–water partition coefficient (Wildman–Crippen LogP) is 0.921. The summed E-state index contributed by atoms with van der Waals surface area (Å²) in [5, 5.41) is 0.